The number of aromatic nitrogens is 2. The van der Waals surface area contributed by atoms with Crippen molar-refractivity contribution in [2.24, 2.45) is 0 Å². The summed E-state index contributed by atoms with van der Waals surface area (Å²) in [5.41, 5.74) is 0. The number of nitrogens with zero attached hydrogens (tertiary/aromatic N) is 2. The molecule has 1 atom stereocenters. The molecular weight excluding hydrogens is 213 g/mol. The number of hydrogen-bond donors (Lipinski definition) is 1. The quantitative estimate of drug-likeness (QED) is 0.849. The highest BCUT2D eigenvalue weighted by Crippen LogP contribution is 2.21. The molecule has 0 fully saturated rings. The van der Waals surface area contributed by atoms with Crippen LogP contribution in [-0.2, 0) is 6.42 Å². The first-order valence-corrected chi connectivity index (χ1v) is 4.49. The third-order valence-corrected chi connectivity index (χ3v) is 1.70. The van der Waals surface area contributed by atoms with Crippen molar-refractivity contribution in [2.75, 3.05) is 0 Å². The third kappa shape index (κ3) is 3.86. The zero-order chi connectivity index (χ0) is 11.5. The maximum absolute atomic E-state index is 11.9. The summed E-state index contributed by atoms with van der Waals surface area (Å²) in [6.07, 6.45) is -5.52. The zero-order valence-corrected chi connectivity index (χ0v) is 8.08. The smallest absolute Gasteiger partial charge is 0.385 e. The van der Waals surface area contributed by atoms with Gasteiger partial charge in [-0.05, 0) is 6.42 Å². The van der Waals surface area contributed by atoms with Gasteiger partial charge in [0.2, 0.25) is 5.89 Å². The Kier molecular flexibility index (Phi) is 3.67. The van der Waals surface area contributed by atoms with E-state index < -0.39 is 24.6 Å². The highest BCUT2D eigenvalue weighted by Gasteiger charge is 2.31. The van der Waals surface area contributed by atoms with Crippen LogP contribution < -0.4 is 0 Å². The summed E-state index contributed by atoms with van der Waals surface area (Å²) < 4.78 is 40.1. The molecule has 0 amide bonds. The van der Waals surface area contributed by atoms with Crippen molar-refractivity contribution < 1.29 is 22.8 Å². The highest BCUT2D eigenvalue weighted by atomic mass is 19.4. The summed E-state index contributed by atoms with van der Waals surface area (Å²) in [5, 5.41) is 12.6. The lowest BCUT2D eigenvalue weighted by Crippen LogP contribution is -2.12. The van der Waals surface area contributed by atoms with Crippen molar-refractivity contribution in [3.8, 4) is 0 Å². The highest BCUT2D eigenvalue weighted by molar-refractivity contribution is 4.91. The molecule has 0 spiro atoms. The molecule has 4 nitrogen and oxygen atoms in total. The molecule has 0 bridgehead atoms. The Bertz CT molecular complexity index is 311. The molecule has 1 aromatic heterocycles. The normalized spacial score (nSPS) is 14.2. The van der Waals surface area contributed by atoms with E-state index in [0.29, 0.717) is 12.8 Å². The monoisotopic (exact) mass is 224 g/mol. The van der Waals surface area contributed by atoms with Gasteiger partial charge >= 0.3 is 6.18 Å². The van der Waals surface area contributed by atoms with Crippen LogP contribution in [0.1, 0.15) is 37.6 Å². The standard InChI is InChI=1S/C8H11F3N2O2/c1-2-3-5(14)7-12-6(15-13-7)4-8(9,10)11/h5,14H,2-4H2,1H3. The second-order valence-corrected chi connectivity index (χ2v) is 3.14. The van der Waals surface area contributed by atoms with Crippen LogP contribution in [0.5, 0.6) is 0 Å². The van der Waals surface area contributed by atoms with Gasteiger partial charge in [0.05, 0.1) is 0 Å². The summed E-state index contributed by atoms with van der Waals surface area (Å²) in [5.74, 6) is -0.608. The number of alkyl halides is 3. The number of aliphatic hydroxyl groups excluding tert-OH is 1. The van der Waals surface area contributed by atoms with Crippen LogP contribution in [0.15, 0.2) is 4.52 Å². The molecule has 1 heterocycles. The average Bonchev–Trinajstić information content (AvgIpc) is 2.50. The Morgan fingerprint density at radius 3 is 2.67 bits per heavy atom. The van der Waals surface area contributed by atoms with E-state index in [1.54, 1.807) is 0 Å². The summed E-state index contributed by atoms with van der Waals surface area (Å²) in [6.45, 7) is 1.83. The molecule has 0 aliphatic carbocycles. The molecule has 86 valence electrons. The molecule has 0 aliphatic heterocycles. The molecule has 1 aromatic rings. The molecule has 0 saturated heterocycles. The minimum Gasteiger partial charge on any atom is -0.385 e. The summed E-state index contributed by atoms with van der Waals surface area (Å²) in [6, 6.07) is 0. The van der Waals surface area contributed by atoms with Crippen molar-refractivity contribution in [3.05, 3.63) is 11.7 Å². The predicted molar refractivity (Wildman–Crippen MR) is 43.9 cm³/mol. The first kappa shape index (κ1) is 12.0. The topological polar surface area (TPSA) is 59.2 Å². The summed E-state index contributed by atoms with van der Waals surface area (Å²) >= 11 is 0. The van der Waals surface area contributed by atoms with Crippen LogP contribution in [0.4, 0.5) is 13.2 Å². The first-order chi connectivity index (χ1) is 6.92. The van der Waals surface area contributed by atoms with Crippen LogP contribution in [0, 0.1) is 0 Å². The Balaban J connectivity index is 2.64. The molecule has 0 aliphatic rings. The lowest BCUT2D eigenvalue weighted by molar-refractivity contribution is -0.131. The fourth-order valence-corrected chi connectivity index (χ4v) is 1.05. The van der Waals surface area contributed by atoms with E-state index in [2.05, 4.69) is 14.7 Å². The third-order valence-electron chi connectivity index (χ3n) is 1.70. The largest absolute Gasteiger partial charge is 0.397 e. The molecule has 1 rings (SSSR count). The molecule has 0 aromatic carbocycles. The molecule has 1 N–H and O–H groups in total. The molecule has 7 heteroatoms. The fraction of sp³-hybridized carbons (Fsp3) is 0.750. The van der Waals surface area contributed by atoms with Crippen LogP contribution in [0.25, 0.3) is 0 Å². The maximum Gasteiger partial charge on any atom is 0.397 e. The van der Waals surface area contributed by atoms with E-state index >= 15 is 0 Å². The number of rotatable bonds is 4. The molecular formula is C8H11F3N2O2. The molecule has 0 radical (unpaired) electrons. The summed E-state index contributed by atoms with van der Waals surface area (Å²) in [7, 11) is 0. The van der Waals surface area contributed by atoms with E-state index in [1.165, 1.54) is 0 Å². The van der Waals surface area contributed by atoms with Crippen LogP contribution in [-0.4, -0.2) is 21.4 Å². The zero-order valence-electron chi connectivity index (χ0n) is 8.08. The number of hydrogen-bond acceptors (Lipinski definition) is 4. The van der Waals surface area contributed by atoms with Gasteiger partial charge in [-0.15, -0.1) is 0 Å². The van der Waals surface area contributed by atoms with Gasteiger partial charge in [0.1, 0.15) is 12.5 Å². The second kappa shape index (κ2) is 4.61. The lowest BCUT2D eigenvalue weighted by Gasteiger charge is -2.02. The van der Waals surface area contributed by atoms with Crippen molar-refractivity contribution >= 4 is 0 Å². The van der Waals surface area contributed by atoms with Crippen LogP contribution >= 0.6 is 0 Å². The Labute approximate surface area is 84.1 Å². The maximum atomic E-state index is 11.9. The number of aliphatic hydroxyl groups is 1. The Hall–Kier alpha value is -1.11. The Morgan fingerprint density at radius 2 is 2.13 bits per heavy atom. The van der Waals surface area contributed by atoms with E-state index in [4.69, 9.17) is 0 Å². The number of halogens is 3. The van der Waals surface area contributed by atoms with Crippen molar-refractivity contribution in [3.63, 3.8) is 0 Å². The minimum absolute atomic E-state index is 0.0869. The van der Waals surface area contributed by atoms with Gasteiger partial charge in [0, 0.05) is 0 Å². The van der Waals surface area contributed by atoms with Crippen molar-refractivity contribution in [2.45, 2.75) is 38.5 Å². The van der Waals surface area contributed by atoms with Crippen LogP contribution in [0.3, 0.4) is 0 Å². The first-order valence-electron chi connectivity index (χ1n) is 4.49. The van der Waals surface area contributed by atoms with E-state index in [9.17, 15) is 18.3 Å². The van der Waals surface area contributed by atoms with Crippen LogP contribution in [0.2, 0.25) is 0 Å². The van der Waals surface area contributed by atoms with Gasteiger partial charge < -0.3 is 9.63 Å². The molecule has 15 heavy (non-hydrogen) atoms. The molecule has 0 saturated carbocycles. The van der Waals surface area contributed by atoms with E-state index in [-0.39, 0.29) is 5.82 Å². The van der Waals surface area contributed by atoms with Gasteiger partial charge in [-0.25, -0.2) is 0 Å². The average molecular weight is 224 g/mol. The fourth-order valence-electron chi connectivity index (χ4n) is 1.05. The van der Waals surface area contributed by atoms with Gasteiger partial charge in [-0.2, -0.15) is 18.2 Å². The SMILES string of the molecule is CCCC(O)c1noc(CC(F)(F)F)n1. The summed E-state index contributed by atoms with van der Waals surface area (Å²) in [4.78, 5) is 3.47. The van der Waals surface area contributed by atoms with Gasteiger partial charge in [-0.3, -0.25) is 0 Å². The van der Waals surface area contributed by atoms with Crippen molar-refractivity contribution in [1.29, 1.82) is 0 Å². The Morgan fingerprint density at radius 1 is 1.47 bits per heavy atom. The van der Waals surface area contributed by atoms with Gasteiger partial charge in [0.25, 0.3) is 0 Å². The minimum atomic E-state index is -4.38. The van der Waals surface area contributed by atoms with Crippen molar-refractivity contribution in [1.82, 2.24) is 10.1 Å². The van der Waals surface area contributed by atoms with Gasteiger partial charge in [-0.1, -0.05) is 18.5 Å². The predicted octanol–water partition coefficient (Wildman–Crippen LogP) is 2.01. The lowest BCUT2D eigenvalue weighted by atomic mass is 10.2. The van der Waals surface area contributed by atoms with Gasteiger partial charge in [0.15, 0.2) is 5.82 Å². The van der Waals surface area contributed by atoms with E-state index in [1.807, 2.05) is 6.92 Å². The molecule has 1 unspecified atom stereocenters. The second-order valence-electron chi connectivity index (χ2n) is 3.14. The van der Waals surface area contributed by atoms with E-state index in [0.717, 1.165) is 0 Å².